The summed E-state index contributed by atoms with van der Waals surface area (Å²) in [6.07, 6.45) is 1.47. The summed E-state index contributed by atoms with van der Waals surface area (Å²) in [6, 6.07) is 3.34. The number of rotatable bonds is 2. The van der Waals surface area contributed by atoms with Crippen LogP contribution in [0.2, 0.25) is 0 Å². The first-order valence-corrected chi connectivity index (χ1v) is 3.47. The predicted octanol–water partition coefficient (Wildman–Crippen LogP) is 0.763. The minimum atomic E-state index is -1.17. The largest absolute Gasteiger partial charge is 0.475 e. The molecule has 0 aliphatic carbocycles. The van der Waals surface area contributed by atoms with E-state index in [0.29, 0.717) is 11.6 Å². The minimum Gasteiger partial charge on any atom is -0.475 e. The highest BCUT2D eigenvalue weighted by Gasteiger charge is 2.12. The van der Waals surface area contributed by atoms with Gasteiger partial charge >= 0.3 is 5.97 Å². The fourth-order valence-electron chi connectivity index (χ4n) is 0.881. The van der Waals surface area contributed by atoms with Crippen LogP contribution < -0.4 is 0 Å². The van der Waals surface area contributed by atoms with Crippen molar-refractivity contribution in [2.45, 2.75) is 0 Å². The van der Waals surface area contributed by atoms with Crippen LogP contribution in [0.4, 0.5) is 0 Å². The first-order valence-electron chi connectivity index (χ1n) is 3.47. The van der Waals surface area contributed by atoms with Crippen molar-refractivity contribution in [3.8, 4) is 11.6 Å². The second kappa shape index (κ2) is 2.74. The van der Waals surface area contributed by atoms with E-state index >= 15 is 0 Å². The predicted molar refractivity (Wildman–Crippen MR) is 41.0 cm³/mol. The Hall–Kier alpha value is -2.11. The van der Waals surface area contributed by atoms with Gasteiger partial charge in [-0.15, -0.1) is 5.10 Å². The van der Waals surface area contributed by atoms with Crippen molar-refractivity contribution in [3.63, 3.8) is 0 Å². The molecule has 2 aromatic heterocycles. The fourth-order valence-corrected chi connectivity index (χ4v) is 0.881. The lowest BCUT2D eigenvalue weighted by Crippen LogP contribution is -1.98. The molecule has 2 heterocycles. The molecule has 2 N–H and O–H groups in total. The van der Waals surface area contributed by atoms with Gasteiger partial charge in [-0.25, -0.2) is 4.79 Å². The molecule has 6 nitrogen and oxygen atoms in total. The van der Waals surface area contributed by atoms with Crippen LogP contribution in [-0.4, -0.2) is 26.3 Å². The molecule has 0 fully saturated rings. The molecular weight excluding hydrogens is 174 g/mol. The summed E-state index contributed by atoms with van der Waals surface area (Å²) in [5, 5.41) is 14.4. The second-order valence-electron chi connectivity index (χ2n) is 2.29. The van der Waals surface area contributed by atoms with E-state index in [1.807, 2.05) is 0 Å². The number of aromatic nitrogens is 3. The van der Waals surface area contributed by atoms with Gasteiger partial charge in [0, 0.05) is 0 Å². The first-order chi connectivity index (χ1) is 6.27. The molecule has 0 spiro atoms. The SMILES string of the molecule is O=C(O)c1n[nH]c(-c2ccco2)n1. The van der Waals surface area contributed by atoms with Crippen molar-refractivity contribution in [2.75, 3.05) is 0 Å². The average molecular weight is 179 g/mol. The van der Waals surface area contributed by atoms with Crippen LogP contribution in [-0.2, 0) is 0 Å². The third-order valence-corrected chi connectivity index (χ3v) is 1.43. The normalized spacial score (nSPS) is 10.2. The van der Waals surface area contributed by atoms with Gasteiger partial charge in [0.05, 0.1) is 6.26 Å². The lowest BCUT2D eigenvalue weighted by molar-refractivity contribution is 0.0684. The van der Waals surface area contributed by atoms with Gasteiger partial charge in [-0.2, -0.15) is 4.98 Å². The van der Waals surface area contributed by atoms with Crippen LogP contribution in [0, 0.1) is 0 Å². The molecule has 2 rings (SSSR count). The van der Waals surface area contributed by atoms with Gasteiger partial charge in [0.2, 0.25) is 0 Å². The van der Waals surface area contributed by atoms with Crippen LogP contribution in [0.1, 0.15) is 10.6 Å². The fraction of sp³-hybridized carbons (Fsp3) is 0. The molecular formula is C7H5N3O3. The molecule has 0 saturated carbocycles. The number of nitrogens with one attached hydrogen (secondary N) is 1. The standard InChI is InChI=1S/C7H5N3O3/c11-7(12)6-8-5(9-10-6)4-2-1-3-13-4/h1-3H,(H,11,12)(H,8,9,10). The van der Waals surface area contributed by atoms with Gasteiger partial charge in [-0.1, -0.05) is 0 Å². The van der Waals surface area contributed by atoms with Gasteiger partial charge < -0.3 is 9.52 Å². The average Bonchev–Trinajstić information content (AvgIpc) is 2.75. The molecule has 66 valence electrons. The van der Waals surface area contributed by atoms with Crippen LogP contribution >= 0.6 is 0 Å². The van der Waals surface area contributed by atoms with Crippen LogP contribution in [0.5, 0.6) is 0 Å². The molecule has 0 amide bonds. The van der Waals surface area contributed by atoms with E-state index in [4.69, 9.17) is 9.52 Å². The molecule has 2 aromatic rings. The number of furan rings is 1. The Balaban J connectivity index is 2.39. The van der Waals surface area contributed by atoms with Gasteiger partial charge in [0.15, 0.2) is 11.6 Å². The minimum absolute atomic E-state index is 0.272. The highest BCUT2D eigenvalue weighted by Crippen LogP contribution is 2.13. The molecule has 0 atom stereocenters. The van der Waals surface area contributed by atoms with Crippen molar-refractivity contribution in [1.82, 2.24) is 15.2 Å². The Kier molecular flexibility index (Phi) is 1.59. The number of hydrogen-bond donors (Lipinski definition) is 2. The van der Waals surface area contributed by atoms with E-state index in [0.717, 1.165) is 0 Å². The van der Waals surface area contributed by atoms with Crippen molar-refractivity contribution < 1.29 is 14.3 Å². The maximum atomic E-state index is 10.4. The van der Waals surface area contributed by atoms with E-state index in [9.17, 15) is 4.79 Å². The van der Waals surface area contributed by atoms with Gasteiger partial charge in [0.1, 0.15) is 0 Å². The smallest absolute Gasteiger partial charge is 0.375 e. The number of carboxylic acid groups (broad SMARTS) is 1. The Morgan fingerprint density at radius 3 is 3.00 bits per heavy atom. The monoisotopic (exact) mass is 179 g/mol. The summed E-state index contributed by atoms with van der Waals surface area (Å²) in [5.74, 6) is -0.678. The summed E-state index contributed by atoms with van der Waals surface area (Å²) in [6.45, 7) is 0. The summed E-state index contributed by atoms with van der Waals surface area (Å²) >= 11 is 0. The zero-order valence-electron chi connectivity index (χ0n) is 6.39. The lowest BCUT2D eigenvalue weighted by atomic mass is 10.4. The summed E-state index contributed by atoms with van der Waals surface area (Å²) in [4.78, 5) is 14.1. The molecule has 0 unspecified atom stereocenters. The molecule has 0 aliphatic rings. The Morgan fingerprint density at radius 2 is 2.46 bits per heavy atom. The van der Waals surface area contributed by atoms with E-state index in [1.165, 1.54) is 6.26 Å². The van der Waals surface area contributed by atoms with Gasteiger partial charge in [-0.3, -0.25) is 5.10 Å². The number of carbonyl (C=O) groups is 1. The third kappa shape index (κ3) is 1.28. The van der Waals surface area contributed by atoms with E-state index in [2.05, 4.69) is 15.2 Å². The molecule has 13 heavy (non-hydrogen) atoms. The molecule has 0 aromatic carbocycles. The molecule has 6 heteroatoms. The number of aromatic amines is 1. The number of hydrogen-bond acceptors (Lipinski definition) is 4. The molecule has 0 radical (unpaired) electrons. The van der Waals surface area contributed by atoms with Crippen LogP contribution in [0.15, 0.2) is 22.8 Å². The summed E-state index contributed by atoms with van der Waals surface area (Å²) < 4.78 is 4.99. The third-order valence-electron chi connectivity index (χ3n) is 1.43. The Labute approximate surface area is 72.2 Å². The second-order valence-corrected chi connectivity index (χ2v) is 2.29. The highest BCUT2D eigenvalue weighted by molar-refractivity contribution is 5.83. The topological polar surface area (TPSA) is 92.0 Å². The Morgan fingerprint density at radius 1 is 1.62 bits per heavy atom. The lowest BCUT2D eigenvalue weighted by Gasteiger charge is -1.84. The van der Waals surface area contributed by atoms with Crippen LogP contribution in [0.25, 0.3) is 11.6 Å². The summed E-state index contributed by atoms with van der Waals surface area (Å²) in [5.41, 5.74) is 0. The number of aromatic carboxylic acids is 1. The molecule has 0 bridgehead atoms. The maximum Gasteiger partial charge on any atom is 0.375 e. The number of nitrogens with zero attached hydrogens (tertiary/aromatic N) is 2. The zero-order chi connectivity index (χ0) is 9.26. The van der Waals surface area contributed by atoms with E-state index in [1.54, 1.807) is 12.1 Å². The van der Waals surface area contributed by atoms with E-state index in [-0.39, 0.29) is 5.82 Å². The first kappa shape index (κ1) is 7.53. The molecule has 0 saturated heterocycles. The van der Waals surface area contributed by atoms with Gasteiger partial charge in [0.25, 0.3) is 5.82 Å². The number of H-pyrrole nitrogens is 1. The van der Waals surface area contributed by atoms with Crippen molar-refractivity contribution in [1.29, 1.82) is 0 Å². The molecule has 0 aliphatic heterocycles. The summed E-state index contributed by atoms with van der Waals surface area (Å²) in [7, 11) is 0. The van der Waals surface area contributed by atoms with E-state index < -0.39 is 5.97 Å². The van der Waals surface area contributed by atoms with Crippen LogP contribution in [0.3, 0.4) is 0 Å². The van der Waals surface area contributed by atoms with Crippen molar-refractivity contribution >= 4 is 5.97 Å². The number of carboxylic acids is 1. The van der Waals surface area contributed by atoms with Crippen molar-refractivity contribution in [3.05, 3.63) is 24.2 Å². The van der Waals surface area contributed by atoms with Gasteiger partial charge in [-0.05, 0) is 12.1 Å². The highest BCUT2D eigenvalue weighted by atomic mass is 16.4. The van der Waals surface area contributed by atoms with Crippen molar-refractivity contribution in [2.24, 2.45) is 0 Å². The maximum absolute atomic E-state index is 10.4. The zero-order valence-corrected chi connectivity index (χ0v) is 6.39. The quantitative estimate of drug-likeness (QED) is 0.710. The Bertz CT molecular complexity index is 418.